The van der Waals surface area contributed by atoms with Gasteiger partial charge in [0.15, 0.2) is 0 Å². The molecule has 3 heteroatoms. The quantitative estimate of drug-likeness (QED) is 0.815. The lowest BCUT2D eigenvalue weighted by atomic mass is 9.90. The molecule has 0 saturated heterocycles. The Hall–Kier alpha value is -1.35. The fourth-order valence-electron chi connectivity index (χ4n) is 2.33. The summed E-state index contributed by atoms with van der Waals surface area (Å²) in [5.41, 5.74) is 7.76. The molecule has 0 heterocycles. The van der Waals surface area contributed by atoms with Gasteiger partial charge >= 0.3 is 0 Å². The maximum Gasteiger partial charge on any atom is 0.132 e. The van der Waals surface area contributed by atoms with Crippen molar-refractivity contribution in [3.63, 3.8) is 0 Å². The molecule has 0 aliphatic heterocycles. The predicted octanol–water partition coefficient (Wildman–Crippen LogP) is 3.33. The molecule has 2 N–H and O–H groups in total. The fourth-order valence-corrected chi connectivity index (χ4v) is 2.33. The zero-order valence-electron chi connectivity index (χ0n) is 10.1. The van der Waals surface area contributed by atoms with E-state index in [4.69, 9.17) is 10.5 Å². The molecule has 0 saturated carbocycles. The van der Waals surface area contributed by atoms with Crippen LogP contribution in [-0.2, 0) is 0 Å². The summed E-state index contributed by atoms with van der Waals surface area (Å²) in [6.07, 6.45) is 6.47. The number of hydrogen-bond acceptors (Lipinski definition) is 2. The average molecular weight is 235 g/mol. The van der Waals surface area contributed by atoms with Crippen LogP contribution in [0, 0.1) is 5.82 Å². The maximum absolute atomic E-state index is 13.9. The van der Waals surface area contributed by atoms with Crippen molar-refractivity contribution in [2.75, 3.05) is 7.11 Å². The van der Waals surface area contributed by atoms with Gasteiger partial charge < -0.3 is 10.5 Å². The average Bonchev–Trinajstić information content (AvgIpc) is 2.38. The van der Waals surface area contributed by atoms with Crippen molar-refractivity contribution in [2.24, 2.45) is 5.73 Å². The van der Waals surface area contributed by atoms with E-state index in [1.165, 1.54) is 12.5 Å². The molecular formula is C14H18FNO. The highest BCUT2D eigenvalue weighted by atomic mass is 19.1. The van der Waals surface area contributed by atoms with Crippen molar-refractivity contribution >= 4 is 0 Å². The highest BCUT2D eigenvalue weighted by Gasteiger charge is 2.21. The second kappa shape index (κ2) is 5.32. The van der Waals surface area contributed by atoms with E-state index < -0.39 is 0 Å². The van der Waals surface area contributed by atoms with E-state index in [1.807, 2.05) is 0 Å². The first kappa shape index (κ1) is 12.1. The Bertz CT molecular complexity index is 428. The number of halogens is 1. The number of rotatable bonds is 3. The molecule has 0 spiro atoms. The molecule has 1 aliphatic rings. The molecule has 1 unspecified atom stereocenters. The van der Waals surface area contributed by atoms with Crippen LogP contribution in [0.4, 0.5) is 4.39 Å². The third-order valence-electron chi connectivity index (χ3n) is 3.27. The largest absolute Gasteiger partial charge is 0.496 e. The molecule has 1 aromatic carbocycles. The monoisotopic (exact) mass is 235 g/mol. The number of methoxy groups -OCH3 is 1. The number of nitrogens with two attached hydrogens (primary N) is 1. The van der Waals surface area contributed by atoms with Gasteiger partial charge in [-0.2, -0.15) is 0 Å². The molecule has 17 heavy (non-hydrogen) atoms. The van der Waals surface area contributed by atoms with Crippen LogP contribution in [0.15, 0.2) is 29.8 Å². The number of allylic oxidation sites excluding steroid dienone is 1. The Morgan fingerprint density at radius 3 is 2.82 bits per heavy atom. The van der Waals surface area contributed by atoms with E-state index >= 15 is 0 Å². The first-order valence-corrected chi connectivity index (χ1v) is 6.01. The summed E-state index contributed by atoms with van der Waals surface area (Å²) in [4.78, 5) is 0. The molecule has 92 valence electrons. The summed E-state index contributed by atoms with van der Waals surface area (Å²) in [5, 5.41) is 0. The standard InChI is InChI=1S/C14H18FNO/c1-17-12-9-5-8-11(15)13(12)14(16)10-6-3-2-4-7-10/h5-6,8-9,14H,2-4,7,16H2,1H3. The molecule has 1 aromatic rings. The zero-order chi connectivity index (χ0) is 12.3. The minimum absolute atomic E-state index is 0.289. The number of benzene rings is 1. The maximum atomic E-state index is 13.9. The van der Waals surface area contributed by atoms with Crippen molar-refractivity contribution in [2.45, 2.75) is 31.7 Å². The van der Waals surface area contributed by atoms with Crippen LogP contribution in [-0.4, -0.2) is 7.11 Å². The van der Waals surface area contributed by atoms with Crippen LogP contribution in [0.1, 0.15) is 37.3 Å². The highest BCUT2D eigenvalue weighted by Crippen LogP contribution is 2.34. The van der Waals surface area contributed by atoms with E-state index in [1.54, 1.807) is 19.2 Å². The third-order valence-corrected chi connectivity index (χ3v) is 3.27. The van der Waals surface area contributed by atoms with Crippen LogP contribution in [0.3, 0.4) is 0 Å². The van der Waals surface area contributed by atoms with Gasteiger partial charge in [-0.15, -0.1) is 0 Å². The molecule has 0 fully saturated rings. The van der Waals surface area contributed by atoms with E-state index in [9.17, 15) is 4.39 Å². The Morgan fingerprint density at radius 2 is 2.18 bits per heavy atom. The van der Waals surface area contributed by atoms with Crippen LogP contribution >= 0.6 is 0 Å². The Morgan fingerprint density at radius 1 is 1.35 bits per heavy atom. The summed E-state index contributed by atoms with van der Waals surface area (Å²) in [7, 11) is 1.54. The molecule has 0 radical (unpaired) electrons. The molecule has 2 rings (SSSR count). The minimum atomic E-state index is -0.383. The fraction of sp³-hybridized carbons (Fsp3) is 0.429. The van der Waals surface area contributed by atoms with Gasteiger partial charge in [0.1, 0.15) is 11.6 Å². The first-order chi connectivity index (χ1) is 8.24. The van der Waals surface area contributed by atoms with Gasteiger partial charge in [0.25, 0.3) is 0 Å². The summed E-state index contributed by atoms with van der Waals surface area (Å²) < 4.78 is 19.0. The van der Waals surface area contributed by atoms with Crippen LogP contribution in [0.5, 0.6) is 5.75 Å². The second-order valence-electron chi connectivity index (χ2n) is 4.36. The van der Waals surface area contributed by atoms with Crippen LogP contribution in [0.25, 0.3) is 0 Å². The van der Waals surface area contributed by atoms with Gasteiger partial charge in [0, 0.05) is 0 Å². The summed E-state index contributed by atoms with van der Waals surface area (Å²) in [6.45, 7) is 0. The summed E-state index contributed by atoms with van der Waals surface area (Å²) in [6, 6.07) is 4.44. The van der Waals surface area contributed by atoms with E-state index in [0.717, 1.165) is 24.8 Å². The van der Waals surface area contributed by atoms with E-state index in [0.29, 0.717) is 11.3 Å². The van der Waals surface area contributed by atoms with Gasteiger partial charge in [0.2, 0.25) is 0 Å². The zero-order valence-corrected chi connectivity index (χ0v) is 10.1. The topological polar surface area (TPSA) is 35.2 Å². The molecular weight excluding hydrogens is 217 g/mol. The molecule has 0 bridgehead atoms. The van der Waals surface area contributed by atoms with Crippen molar-refractivity contribution in [3.05, 3.63) is 41.2 Å². The first-order valence-electron chi connectivity index (χ1n) is 6.01. The lowest BCUT2D eigenvalue weighted by Crippen LogP contribution is -2.17. The Labute approximate surface area is 101 Å². The molecule has 1 aliphatic carbocycles. The van der Waals surface area contributed by atoms with Crippen molar-refractivity contribution in [3.8, 4) is 5.75 Å². The van der Waals surface area contributed by atoms with E-state index in [-0.39, 0.29) is 11.9 Å². The Kier molecular flexibility index (Phi) is 3.79. The van der Waals surface area contributed by atoms with Crippen molar-refractivity contribution < 1.29 is 9.13 Å². The second-order valence-corrected chi connectivity index (χ2v) is 4.36. The summed E-state index contributed by atoms with van der Waals surface area (Å²) in [5.74, 6) is 0.243. The molecule has 0 aromatic heterocycles. The van der Waals surface area contributed by atoms with Gasteiger partial charge in [0.05, 0.1) is 18.7 Å². The van der Waals surface area contributed by atoms with Crippen molar-refractivity contribution in [1.82, 2.24) is 0 Å². The lowest BCUT2D eigenvalue weighted by Gasteiger charge is -2.22. The smallest absolute Gasteiger partial charge is 0.132 e. The van der Waals surface area contributed by atoms with E-state index in [2.05, 4.69) is 6.08 Å². The van der Waals surface area contributed by atoms with Gasteiger partial charge in [-0.1, -0.05) is 17.7 Å². The minimum Gasteiger partial charge on any atom is -0.496 e. The van der Waals surface area contributed by atoms with Crippen LogP contribution < -0.4 is 10.5 Å². The van der Waals surface area contributed by atoms with Gasteiger partial charge in [-0.25, -0.2) is 4.39 Å². The van der Waals surface area contributed by atoms with Crippen molar-refractivity contribution in [1.29, 1.82) is 0 Å². The SMILES string of the molecule is COc1cccc(F)c1C(N)C1=CCCCC1. The number of hydrogen-bond donors (Lipinski definition) is 1. The number of ether oxygens (including phenoxy) is 1. The summed E-state index contributed by atoms with van der Waals surface area (Å²) >= 11 is 0. The lowest BCUT2D eigenvalue weighted by molar-refractivity contribution is 0.401. The van der Waals surface area contributed by atoms with Gasteiger partial charge in [-0.05, 0) is 37.8 Å². The normalized spacial score (nSPS) is 17.5. The molecule has 1 atom stereocenters. The molecule has 2 nitrogen and oxygen atoms in total. The third kappa shape index (κ3) is 2.50. The molecule has 0 amide bonds. The Balaban J connectivity index is 2.35. The van der Waals surface area contributed by atoms with Crippen LogP contribution in [0.2, 0.25) is 0 Å². The van der Waals surface area contributed by atoms with Gasteiger partial charge in [-0.3, -0.25) is 0 Å². The predicted molar refractivity (Wildman–Crippen MR) is 66.4 cm³/mol. The highest BCUT2D eigenvalue weighted by molar-refractivity contribution is 5.41.